The van der Waals surface area contributed by atoms with Crippen molar-refractivity contribution >= 4 is 17.5 Å². The molecule has 1 unspecified atom stereocenters. The average Bonchev–Trinajstić information content (AvgIpc) is 2.67. The van der Waals surface area contributed by atoms with Gasteiger partial charge in [-0.1, -0.05) is 24.3 Å². The zero-order valence-corrected chi connectivity index (χ0v) is 14.9. The summed E-state index contributed by atoms with van der Waals surface area (Å²) in [6, 6.07) is 14.8. The highest BCUT2D eigenvalue weighted by Gasteiger charge is 2.28. The molecule has 1 atom stereocenters. The molecule has 136 valence electrons. The minimum Gasteiger partial charge on any atom is -0.497 e. The van der Waals surface area contributed by atoms with Crippen LogP contribution < -0.4 is 14.8 Å². The van der Waals surface area contributed by atoms with E-state index in [-0.39, 0.29) is 24.3 Å². The van der Waals surface area contributed by atoms with Crippen molar-refractivity contribution < 1.29 is 19.1 Å². The minimum atomic E-state index is -0.278. The van der Waals surface area contributed by atoms with Crippen LogP contribution >= 0.6 is 0 Å². The number of methoxy groups -OCH3 is 1. The lowest BCUT2D eigenvalue weighted by Gasteiger charge is -2.28. The van der Waals surface area contributed by atoms with Crippen LogP contribution in [0.3, 0.4) is 0 Å². The Morgan fingerprint density at radius 2 is 2.04 bits per heavy atom. The monoisotopic (exact) mass is 354 g/mol. The van der Waals surface area contributed by atoms with Crippen molar-refractivity contribution in [3.63, 3.8) is 0 Å². The first-order valence-electron chi connectivity index (χ1n) is 8.46. The van der Waals surface area contributed by atoms with Crippen LogP contribution in [0.4, 0.5) is 5.69 Å². The molecule has 0 aromatic heterocycles. The second-order valence-corrected chi connectivity index (χ2v) is 6.29. The number of carbonyl (C=O) groups excluding carboxylic acids is 2. The Bertz CT molecular complexity index is 806. The number of hydrogen-bond acceptors (Lipinski definition) is 4. The van der Waals surface area contributed by atoms with Gasteiger partial charge < -0.3 is 19.7 Å². The van der Waals surface area contributed by atoms with Gasteiger partial charge in [-0.25, -0.2) is 0 Å². The van der Waals surface area contributed by atoms with Gasteiger partial charge in [-0.05, 0) is 30.2 Å². The maximum absolute atomic E-state index is 12.6. The van der Waals surface area contributed by atoms with E-state index >= 15 is 0 Å². The Morgan fingerprint density at radius 1 is 1.23 bits per heavy atom. The van der Waals surface area contributed by atoms with E-state index in [0.717, 1.165) is 11.3 Å². The first kappa shape index (κ1) is 17.8. The molecule has 0 bridgehead atoms. The van der Waals surface area contributed by atoms with Crippen LogP contribution in [0.1, 0.15) is 5.56 Å². The summed E-state index contributed by atoms with van der Waals surface area (Å²) >= 11 is 0. The predicted octanol–water partition coefficient (Wildman–Crippen LogP) is 2.34. The third-order valence-electron chi connectivity index (χ3n) is 4.34. The maximum Gasteiger partial charge on any atom is 0.243 e. The predicted molar refractivity (Wildman–Crippen MR) is 98.4 cm³/mol. The molecule has 26 heavy (non-hydrogen) atoms. The summed E-state index contributed by atoms with van der Waals surface area (Å²) in [6.45, 7) is 0.311. The van der Waals surface area contributed by atoms with Crippen LogP contribution in [0.25, 0.3) is 0 Å². The Morgan fingerprint density at radius 3 is 2.85 bits per heavy atom. The lowest BCUT2D eigenvalue weighted by molar-refractivity contribution is -0.138. The zero-order valence-electron chi connectivity index (χ0n) is 14.9. The van der Waals surface area contributed by atoms with Crippen LogP contribution in [0.15, 0.2) is 48.5 Å². The van der Waals surface area contributed by atoms with Crippen LogP contribution in [0.5, 0.6) is 11.5 Å². The minimum absolute atomic E-state index is 0.0197. The normalized spacial score (nSPS) is 15.4. The number of nitrogens with one attached hydrogen (secondary N) is 1. The fourth-order valence-corrected chi connectivity index (χ4v) is 2.99. The number of ether oxygens (including phenoxy) is 2. The van der Waals surface area contributed by atoms with Crippen LogP contribution in [0.2, 0.25) is 0 Å². The molecule has 0 saturated carbocycles. The Hall–Kier alpha value is -3.02. The molecule has 1 heterocycles. The molecular weight excluding hydrogens is 332 g/mol. The maximum atomic E-state index is 12.6. The average molecular weight is 354 g/mol. The first-order chi connectivity index (χ1) is 12.6. The highest BCUT2D eigenvalue weighted by Crippen LogP contribution is 2.27. The van der Waals surface area contributed by atoms with Crippen LogP contribution in [0, 0.1) is 5.92 Å². The number of likely N-dealkylation sites (N-methyl/N-ethyl adjacent to an activating group) is 1. The van der Waals surface area contributed by atoms with E-state index < -0.39 is 0 Å². The quantitative estimate of drug-likeness (QED) is 0.895. The lowest BCUT2D eigenvalue weighted by Crippen LogP contribution is -2.42. The number of rotatable bonds is 5. The summed E-state index contributed by atoms with van der Waals surface area (Å²) in [6.07, 6.45) is 0.622. The van der Waals surface area contributed by atoms with Crippen molar-refractivity contribution in [3.8, 4) is 11.5 Å². The van der Waals surface area contributed by atoms with Gasteiger partial charge in [0, 0.05) is 18.8 Å². The van der Waals surface area contributed by atoms with Crippen molar-refractivity contribution in [3.05, 3.63) is 54.1 Å². The Kier molecular flexibility index (Phi) is 5.41. The molecule has 2 aromatic carbocycles. The van der Waals surface area contributed by atoms with Gasteiger partial charge in [0.25, 0.3) is 0 Å². The van der Waals surface area contributed by atoms with Crippen molar-refractivity contribution in [2.75, 3.05) is 32.6 Å². The van der Waals surface area contributed by atoms with E-state index in [1.165, 1.54) is 4.90 Å². The molecule has 1 aliphatic rings. The Balaban J connectivity index is 1.56. The van der Waals surface area contributed by atoms with Gasteiger partial charge in [0.05, 0.1) is 19.6 Å². The largest absolute Gasteiger partial charge is 0.497 e. The van der Waals surface area contributed by atoms with Gasteiger partial charge in [0.15, 0.2) is 0 Å². The molecule has 0 radical (unpaired) electrons. The summed E-state index contributed by atoms with van der Waals surface area (Å²) in [7, 11) is 3.20. The van der Waals surface area contributed by atoms with E-state index in [0.29, 0.717) is 24.5 Å². The van der Waals surface area contributed by atoms with Gasteiger partial charge in [-0.3, -0.25) is 9.59 Å². The zero-order chi connectivity index (χ0) is 18.5. The fourth-order valence-electron chi connectivity index (χ4n) is 2.99. The number of fused-ring (bicyclic) bond motifs is 1. The number of benzene rings is 2. The first-order valence-corrected chi connectivity index (χ1v) is 8.46. The summed E-state index contributed by atoms with van der Waals surface area (Å²) < 4.78 is 10.8. The van der Waals surface area contributed by atoms with Gasteiger partial charge in [-0.15, -0.1) is 0 Å². The molecule has 6 nitrogen and oxygen atoms in total. The van der Waals surface area contributed by atoms with Gasteiger partial charge >= 0.3 is 0 Å². The topological polar surface area (TPSA) is 67.9 Å². The molecule has 0 aliphatic carbocycles. The van der Waals surface area contributed by atoms with Crippen LogP contribution in [-0.2, 0) is 16.0 Å². The third kappa shape index (κ3) is 4.14. The van der Waals surface area contributed by atoms with Gasteiger partial charge in [0.1, 0.15) is 18.1 Å². The van der Waals surface area contributed by atoms with Crippen molar-refractivity contribution in [2.45, 2.75) is 6.42 Å². The molecule has 0 spiro atoms. The van der Waals surface area contributed by atoms with Gasteiger partial charge in [0.2, 0.25) is 11.8 Å². The summed E-state index contributed by atoms with van der Waals surface area (Å²) in [4.78, 5) is 26.3. The molecule has 3 rings (SSSR count). The van der Waals surface area contributed by atoms with E-state index in [2.05, 4.69) is 5.32 Å². The third-order valence-corrected chi connectivity index (χ3v) is 4.34. The van der Waals surface area contributed by atoms with Crippen molar-refractivity contribution in [1.29, 1.82) is 0 Å². The summed E-state index contributed by atoms with van der Waals surface area (Å²) in [5.74, 6) is 0.853. The number of amides is 2. The molecule has 1 N–H and O–H groups in total. The van der Waals surface area contributed by atoms with E-state index in [1.807, 2.05) is 24.3 Å². The van der Waals surface area contributed by atoms with E-state index in [4.69, 9.17) is 9.47 Å². The standard InChI is InChI=1S/C20H22N2O4/c1-22(12-19(23)21-16-7-5-8-17(11-16)25-2)20(24)15-10-14-6-3-4-9-18(14)26-13-15/h3-9,11,15H,10,12-13H2,1-2H3,(H,21,23). The molecule has 2 amide bonds. The van der Waals surface area contributed by atoms with Gasteiger partial charge in [-0.2, -0.15) is 0 Å². The highest BCUT2D eigenvalue weighted by atomic mass is 16.5. The summed E-state index contributed by atoms with van der Waals surface area (Å²) in [5.41, 5.74) is 1.65. The second-order valence-electron chi connectivity index (χ2n) is 6.29. The SMILES string of the molecule is COc1cccc(NC(=O)CN(C)C(=O)C2COc3ccccc3C2)c1. The molecule has 0 fully saturated rings. The number of hydrogen-bond donors (Lipinski definition) is 1. The molecule has 2 aromatic rings. The number of para-hydroxylation sites is 1. The molecule has 1 aliphatic heterocycles. The second kappa shape index (κ2) is 7.91. The molecule has 6 heteroatoms. The smallest absolute Gasteiger partial charge is 0.243 e. The van der Waals surface area contributed by atoms with E-state index in [9.17, 15) is 9.59 Å². The number of carbonyl (C=O) groups is 2. The molecular formula is C20H22N2O4. The highest BCUT2D eigenvalue weighted by molar-refractivity contribution is 5.95. The number of anilines is 1. The number of nitrogens with zero attached hydrogens (tertiary/aromatic N) is 1. The van der Waals surface area contributed by atoms with E-state index in [1.54, 1.807) is 38.4 Å². The Labute approximate surface area is 152 Å². The summed E-state index contributed by atoms with van der Waals surface area (Å²) in [5, 5.41) is 2.78. The van der Waals surface area contributed by atoms with Crippen LogP contribution in [-0.4, -0.2) is 44.0 Å². The van der Waals surface area contributed by atoms with Crippen molar-refractivity contribution in [1.82, 2.24) is 4.90 Å². The van der Waals surface area contributed by atoms with Crippen molar-refractivity contribution in [2.24, 2.45) is 5.92 Å². The fraction of sp³-hybridized carbons (Fsp3) is 0.300. The lowest BCUT2D eigenvalue weighted by atomic mass is 9.95. The molecule has 0 saturated heterocycles.